The summed E-state index contributed by atoms with van der Waals surface area (Å²) in [5.74, 6) is -0.404. The molecule has 0 radical (unpaired) electrons. The number of carbonyl (C=O) groups excluding carboxylic acids is 1. The number of benzene rings is 2. The fourth-order valence-electron chi connectivity index (χ4n) is 4.09. The van der Waals surface area contributed by atoms with Crippen LogP contribution in [-0.4, -0.2) is 41.3 Å². The van der Waals surface area contributed by atoms with E-state index in [2.05, 4.69) is 10.3 Å². The molecule has 1 fully saturated rings. The highest BCUT2D eigenvalue weighted by atomic mass is 32.2. The van der Waals surface area contributed by atoms with Gasteiger partial charge in [0.1, 0.15) is 6.54 Å². The van der Waals surface area contributed by atoms with E-state index >= 15 is 0 Å². The Morgan fingerprint density at radius 3 is 2.50 bits per heavy atom. The Morgan fingerprint density at radius 1 is 1.09 bits per heavy atom. The molecule has 0 bridgehead atoms. The zero-order chi connectivity index (χ0) is 22.7. The summed E-state index contributed by atoms with van der Waals surface area (Å²) in [5.41, 5.74) is 0.734. The molecule has 4 rings (SSSR count). The summed E-state index contributed by atoms with van der Waals surface area (Å²) in [6.45, 7) is -0.193. The van der Waals surface area contributed by atoms with Gasteiger partial charge in [0.05, 0.1) is 22.1 Å². The normalized spacial score (nSPS) is 15.2. The van der Waals surface area contributed by atoms with Crippen molar-refractivity contribution in [2.24, 2.45) is 0 Å². The zero-order valence-electron chi connectivity index (χ0n) is 17.9. The quantitative estimate of drug-likeness (QED) is 0.617. The smallest absolute Gasteiger partial charge is 0.261 e. The summed E-state index contributed by atoms with van der Waals surface area (Å²) < 4.78 is 28.6. The van der Waals surface area contributed by atoms with E-state index in [0.717, 1.165) is 32.1 Å². The second-order valence-corrected chi connectivity index (χ2v) is 10.1. The van der Waals surface area contributed by atoms with Crippen LogP contribution in [0.5, 0.6) is 0 Å². The minimum atomic E-state index is -3.59. The number of carbonyl (C=O) groups is 1. The maximum atomic E-state index is 12.9. The monoisotopic (exact) mass is 454 g/mol. The Balaban J connectivity index is 1.44. The molecule has 0 spiro atoms. The largest absolute Gasteiger partial charge is 0.325 e. The van der Waals surface area contributed by atoms with Crippen molar-refractivity contribution in [3.63, 3.8) is 0 Å². The Hall–Kier alpha value is -3.04. The van der Waals surface area contributed by atoms with Crippen LogP contribution in [0.3, 0.4) is 0 Å². The number of fused-ring (bicyclic) bond motifs is 1. The molecule has 0 atom stereocenters. The minimum Gasteiger partial charge on any atom is -0.325 e. The molecule has 3 aromatic rings. The number of hydrogen-bond acceptors (Lipinski definition) is 5. The number of anilines is 1. The van der Waals surface area contributed by atoms with Gasteiger partial charge in [-0.2, -0.15) is 4.31 Å². The topological polar surface area (TPSA) is 101 Å². The number of hydrogen-bond donors (Lipinski definition) is 1. The van der Waals surface area contributed by atoms with Gasteiger partial charge in [-0.1, -0.05) is 31.4 Å². The van der Waals surface area contributed by atoms with Gasteiger partial charge in [-0.25, -0.2) is 13.4 Å². The van der Waals surface area contributed by atoms with Crippen molar-refractivity contribution < 1.29 is 13.2 Å². The Labute approximate surface area is 186 Å². The predicted molar refractivity (Wildman–Crippen MR) is 123 cm³/mol. The van der Waals surface area contributed by atoms with Gasteiger partial charge in [-0.15, -0.1) is 0 Å². The van der Waals surface area contributed by atoms with Crippen LogP contribution in [0, 0.1) is 0 Å². The molecule has 1 aromatic heterocycles. The molecule has 0 aliphatic heterocycles. The van der Waals surface area contributed by atoms with Crippen molar-refractivity contribution in [1.82, 2.24) is 13.9 Å². The summed E-state index contributed by atoms with van der Waals surface area (Å²) in [6, 6.07) is 13.1. The van der Waals surface area contributed by atoms with E-state index in [1.165, 1.54) is 27.3 Å². The van der Waals surface area contributed by atoms with Crippen LogP contribution in [0.25, 0.3) is 10.9 Å². The van der Waals surface area contributed by atoms with Gasteiger partial charge in [0.2, 0.25) is 15.9 Å². The van der Waals surface area contributed by atoms with Crippen molar-refractivity contribution in [3.8, 4) is 0 Å². The molecular weight excluding hydrogens is 428 g/mol. The number of sulfonamides is 1. The molecule has 32 heavy (non-hydrogen) atoms. The van der Waals surface area contributed by atoms with Crippen LogP contribution < -0.4 is 10.9 Å². The maximum Gasteiger partial charge on any atom is 0.261 e. The molecule has 9 heteroatoms. The zero-order valence-corrected chi connectivity index (χ0v) is 18.7. The van der Waals surface area contributed by atoms with E-state index in [4.69, 9.17) is 0 Å². The average molecular weight is 455 g/mol. The third-order valence-electron chi connectivity index (χ3n) is 5.95. The molecular formula is C23H26N4O4S. The molecule has 0 unspecified atom stereocenters. The molecule has 1 aliphatic carbocycles. The van der Waals surface area contributed by atoms with E-state index in [0.29, 0.717) is 16.6 Å². The van der Waals surface area contributed by atoms with Gasteiger partial charge >= 0.3 is 0 Å². The fourth-order valence-corrected chi connectivity index (χ4v) is 5.51. The summed E-state index contributed by atoms with van der Waals surface area (Å²) in [6.07, 6.45) is 6.36. The van der Waals surface area contributed by atoms with E-state index < -0.39 is 15.9 Å². The number of aromatic nitrogens is 2. The van der Waals surface area contributed by atoms with Gasteiger partial charge in [0, 0.05) is 18.8 Å². The lowest BCUT2D eigenvalue weighted by Gasteiger charge is -2.30. The molecule has 1 saturated carbocycles. The van der Waals surface area contributed by atoms with Crippen LogP contribution in [0.4, 0.5) is 5.69 Å². The summed E-state index contributed by atoms with van der Waals surface area (Å²) in [5, 5.41) is 3.15. The van der Waals surface area contributed by atoms with Crippen molar-refractivity contribution in [1.29, 1.82) is 0 Å². The van der Waals surface area contributed by atoms with E-state index in [-0.39, 0.29) is 23.0 Å². The Kier molecular flexibility index (Phi) is 6.38. The molecule has 1 aliphatic rings. The summed E-state index contributed by atoms with van der Waals surface area (Å²) >= 11 is 0. The first-order valence-corrected chi connectivity index (χ1v) is 12.1. The van der Waals surface area contributed by atoms with Crippen molar-refractivity contribution >= 4 is 32.5 Å². The molecule has 1 N–H and O–H groups in total. The van der Waals surface area contributed by atoms with Crippen molar-refractivity contribution in [2.45, 2.75) is 49.6 Å². The van der Waals surface area contributed by atoms with Gasteiger partial charge in [0.25, 0.3) is 5.56 Å². The Bertz CT molecular complexity index is 1280. The van der Waals surface area contributed by atoms with E-state index in [1.807, 2.05) is 0 Å². The lowest BCUT2D eigenvalue weighted by molar-refractivity contribution is -0.116. The van der Waals surface area contributed by atoms with E-state index in [9.17, 15) is 18.0 Å². The lowest BCUT2D eigenvalue weighted by atomic mass is 9.96. The van der Waals surface area contributed by atoms with Gasteiger partial charge in [-0.3, -0.25) is 14.2 Å². The number of para-hydroxylation sites is 1. The SMILES string of the molecule is CN(C1CCCCC1)S(=O)(=O)c1ccc(NC(=O)Cn2cnc3ccccc3c2=O)cc1. The van der Waals surface area contributed by atoms with Crippen LogP contribution in [0.15, 0.2) is 64.5 Å². The summed E-state index contributed by atoms with van der Waals surface area (Å²) in [4.78, 5) is 29.4. The summed E-state index contributed by atoms with van der Waals surface area (Å²) in [7, 11) is -1.96. The average Bonchev–Trinajstić information content (AvgIpc) is 2.81. The molecule has 2 aromatic carbocycles. The first-order chi connectivity index (χ1) is 15.4. The first kappa shape index (κ1) is 22.2. The second-order valence-electron chi connectivity index (χ2n) is 8.08. The second kappa shape index (κ2) is 9.22. The predicted octanol–water partition coefficient (Wildman–Crippen LogP) is 2.99. The number of nitrogens with zero attached hydrogens (tertiary/aromatic N) is 3. The standard InChI is InChI=1S/C23H26N4O4S/c1-26(18-7-3-2-4-8-18)32(30,31)19-13-11-17(12-14-19)25-22(28)15-27-16-24-21-10-6-5-9-20(21)23(27)29/h5-6,9-14,16,18H,2-4,7-8,15H2,1H3,(H,25,28). The van der Waals surface area contributed by atoms with Crippen molar-refractivity contribution in [3.05, 3.63) is 65.2 Å². The highest BCUT2D eigenvalue weighted by Crippen LogP contribution is 2.27. The molecule has 168 valence electrons. The molecule has 1 heterocycles. The Morgan fingerprint density at radius 2 is 1.78 bits per heavy atom. The first-order valence-electron chi connectivity index (χ1n) is 10.7. The van der Waals surface area contributed by atoms with Gasteiger partial charge in [-0.05, 0) is 49.2 Å². The number of nitrogens with one attached hydrogen (secondary N) is 1. The highest BCUT2D eigenvalue weighted by molar-refractivity contribution is 7.89. The number of amides is 1. The third-order valence-corrected chi connectivity index (χ3v) is 7.87. The van der Waals surface area contributed by atoms with Crippen LogP contribution >= 0.6 is 0 Å². The molecule has 1 amide bonds. The van der Waals surface area contributed by atoms with Crippen molar-refractivity contribution in [2.75, 3.05) is 12.4 Å². The van der Waals surface area contributed by atoms with Crippen LogP contribution in [0.1, 0.15) is 32.1 Å². The fraction of sp³-hybridized carbons (Fsp3) is 0.348. The maximum absolute atomic E-state index is 12.9. The number of rotatable bonds is 6. The van der Waals surface area contributed by atoms with Gasteiger partial charge in [0.15, 0.2) is 0 Å². The lowest BCUT2D eigenvalue weighted by Crippen LogP contribution is -2.38. The van der Waals surface area contributed by atoms with Crippen LogP contribution in [0.2, 0.25) is 0 Å². The van der Waals surface area contributed by atoms with E-state index in [1.54, 1.807) is 43.4 Å². The third kappa shape index (κ3) is 4.58. The highest BCUT2D eigenvalue weighted by Gasteiger charge is 2.28. The molecule has 0 saturated heterocycles. The minimum absolute atomic E-state index is 0.0296. The molecule has 8 nitrogen and oxygen atoms in total. The van der Waals surface area contributed by atoms with Gasteiger partial charge < -0.3 is 5.32 Å². The van der Waals surface area contributed by atoms with Crippen LogP contribution in [-0.2, 0) is 21.4 Å².